The molecule has 12 amide bonds. The van der Waals surface area contributed by atoms with Crippen molar-refractivity contribution in [2.45, 2.75) is 260 Å². The molecule has 8 rings (SSSR count). The van der Waals surface area contributed by atoms with Crippen LogP contribution in [0.25, 0.3) is 0 Å². The zero-order chi connectivity index (χ0) is 80.5. The van der Waals surface area contributed by atoms with Crippen molar-refractivity contribution < 1.29 is 102 Å². The van der Waals surface area contributed by atoms with Gasteiger partial charge in [-0.1, -0.05) is 47.0 Å². The average Bonchev–Trinajstić information content (AvgIpc) is 1.62. The van der Waals surface area contributed by atoms with Gasteiger partial charge in [0.25, 0.3) is 0 Å². The number of likely N-dealkylation sites (N-methyl/N-ethyl adjacent to an activating group) is 6. The fraction of sp³-hybridized carbons (Fsp3) is 0.840. The molecule has 34 heteroatoms. The largest absolute Gasteiger partial charge is 0.397 e. The van der Waals surface area contributed by atoms with E-state index in [4.69, 9.17) is 9.47 Å². The molecule has 4 aliphatic heterocycles. The van der Waals surface area contributed by atoms with Crippen LogP contribution in [-0.4, -0.2) is 302 Å². The molecule has 4 saturated carbocycles. The van der Waals surface area contributed by atoms with Crippen LogP contribution in [-0.2, 0) is 67.0 Å². The maximum absolute atomic E-state index is 15.7. The fourth-order valence-corrected chi connectivity index (χ4v) is 17.6. The van der Waals surface area contributed by atoms with Crippen LogP contribution in [0.1, 0.15) is 175 Å². The Kier molecular flexibility index (Phi) is 30.2. The Morgan fingerprint density at radius 1 is 0.606 bits per heavy atom. The number of halogens is 8. The number of methoxy groups -OCH3 is 1. The lowest BCUT2D eigenvalue weighted by molar-refractivity contribution is -0.219. The van der Waals surface area contributed by atoms with Crippen LogP contribution in [0.5, 0.6) is 0 Å². The molecule has 26 nitrogen and oxygen atoms in total. The third kappa shape index (κ3) is 21.0. The molecule has 8 fully saturated rings. The molecule has 2 bridgehead atoms. The van der Waals surface area contributed by atoms with E-state index in [1.165, 1.54) is 69.0 Å². The summed E-state index contributed by atoms with van der Waals surface area (Å²) in [5.41, 5.74) is -1.70. The van der Waals surface area contributed by atoms with Gasteiger partial charge >= 0.3 is 12.4 Å². The van der Waals surface area contributed by atoms with Crippen molar-refractivity contribution in [1.29, 1.82) is 0 Å². The first-order valence-corrected chi connectivity index (χ1v) is 39.1. The van der Waals surface area contributed by atoms with Crippen LogP contribution in [0.15, 0.2) is 0 Å². The first-order valence-electron chi connectivity index (χ1n) is 39.1. The first kappa shape index (κ1) is 87.6. The van der Waals surface area contributed by atoms with Crippen molar-refractivity contribution in [1.82, 2.24) is 60.0 Å². The summed E-state index contributed by atoms with van der Waals surface area (Å²) in [5.74, 6) is -16.8. The van der Waals surface area contributed by atoms with Gasteiger partial charge in [0.2, 0.25) is 70.9 Å². The molecule has 616 valence electrons. The molecule has 4 heterocycles. The third-order valence-electron chi connectivity index (χ3n) is 24.8. The lowest BCUT2D eigenvalue weighted by Gasteiger charge is -2.47. The SMILES string of the molecule is CC[C@H](C)[C@@H]1NC(=O)[C@H](CC(C)C)N(C)C(=O)C[C@@H](C(=O)N2CCOCC2)N(C)C(=O)[C@H](C2CCCC2)N(C)C(=O)C2(CCC2)NC(=O)[C@@H]2C[C@@H](OC)CN2C(=O)[C@H](CCC2CC(F)C(C(F)(F)F)C(F)C2)NC(=O)CN(C)C(=O)[C@H](CC2CCC(C(F)(F)F)CC2)N2CCCC[C@@H](C2=O)N(C)C(=O)CN(C)C1=O. The number of morpholine rings is 1. The van der Waals surface area contributed by atoms with Gasteiger partial charge in [0.1, 0.15) is 72.1 Å². The van der Waals surface area contributed by atoms with E-state index in [0.29, 0.717) is 44.9 Å². The molecule has 8 aliphatic rings. The van der Waals surface area contributed by atoms with Gasteiger partial charge in [0.05, 0.1) is 44.7 Å². The zero-order valence-electron chi connectivity index (χ0n) is 65.1. The van der Waals surface area contributed by atoms with E-state index in [9.17, 15) is 45.5 Å². The van der Waals surface area contributed by atoms with Crippen molar-refractivity contribution in [2.75, 3.05) is 102 Å². The van der Waals surface area contributed by atoms with Crippen molar-refractivity contribution in [3.05, 3.63) is 0 Å². The van der Waals surface area contributed by atoms with Gasteiger partial charge in [-0.2, -0.15) is 26.3 Å². The van der Waals surface area contributed by atoms with Crippen molar-refractivity contribution >= 4 is 70.9 Å². The number of amides is 12. The molecule has 0 radical (unpaired) electrons. The zero-order valence-corrected chi connectivity index (χ0v) is 65.1. The number of carbonyl (C=O) groups is 12. The number of fused-ring (bicyclic) bond motifs is 3. The maximum atomic E-state index is 15.7. The molecular formula is C75H116F8N12O14. The number of nitrogens with zero attached hydrogens (tertiary/aromatic N) is 9. The number of hydrogen-bond acceptors (Lipinski definition) is 14. The summed E-state index contributed by atoms with van der Waals surface area (Å²) in [4.78, 5) is 192. The molecule has 109 heavy (non-hydrogen) atoms. The highest BCUT2D eigenvalue weighted by Crippen LogP contribution is 2.46. The maximum Gasteiger partial charge on any atom is 0.397 e. The predicted octanol–water partition coefficient (Wildman–Crippen LogP) is 5.57. The Labute approximate surface area is 634 Å². The van der Waals surface area contributed by atoms with Crippen molar-refractivity contribution in [3.8, 4) is 0 Å². The topological polar surface area (TPSA) is 289 Å². The monoisotopic (exact) mass is 1560 g/mol. The fourth-order valence-electron chi connectivity index (χ4n) is 17.6. The van der Waals surface area contributed by atoms with E-state index >= 15 is 47.1 Å². The van der Waals surface area contributed by atoms with Gasteiger partial charge in [-0.3, -0.25) is 57.5 Å². The number of rotatable bonds is 12. The predicted molar refractivity (Wildman–Crippen MR) is 381 cm³/mol. The second-order valence-corrected chi connectivity index (χ2v) is 32.6. The van der Waals surface area contributed by atoms with E-state index < -0.39 is 230 Å². The minimum atomic E-state index is -5.22. The van der Waals surface area contributed by atoms with Crippen LogP contribution in [0, 0.1) is 41.4 Å². The van der Waals surface area contributed by atoms with E-state index in [0.717, 1.165) is 24.5 Å². The van der Waals surface area contributed by atoms with Gasteiger partial charge in [0, 0.05) is 82.0 Å². The Morgan fingerprint density at radius 2 is 1.22 bits per heavy atom. The lowest BCUT2D eigenvalue weighted by Crippen LogP contribution is -2.68. The standard InChI is InChI=1S/C75H116F8N12O14/c1-12-44(4)62-70(105)88(6)42-60(98)89(7)53-20-15-16-29-94(69(53)104)57(37-45-21-24-48(25-22-45)74(78,79)80)67(102)87(5)41-58(96)84-52(26-23-46-35-50(76)61(51(77)36-46)75(81,82)83)66(101)95-40-49(108-11)38-55(95)65(100)86-73(27-17-28-73)72(107)92(10)63(47-18-13-14-19-47)71(106)91(9)56(68(103)93-30-32-109-33-31-93)39-59(97)90(8)54(34-43(2)3)64(99)85-62/h43-57,61-63H,12-42H2,1-11H3,(H,84,96)(H,85,99)(H,86,100)/t44-,45?,46?,48?,49+,50?,51?,52-,53-,54-,55-,56-,57-,61?,62-,63-/m0/s1. The summed E-state index contributed by atoms with van der Waals surface area (Å²) in [7, 11) is 9.39. The molecule has 12 atom stereocenters. The first-order chi connectivity index (χ1) is 51.2. The van der Waals surface area contributed by atoms with Gasteiger partial charge in [0.15, 0.2) is 0 Å². The lowest BCUT2D eigenvalue weighted by atomic mass is 9.74. The summed E-state index contributed by atoms with van der Waals surface area (Å²) in [6.45, 7) is 5.76. The minimum Gasteiger partial charge on any atom is -0.380 e. The summed E-state index contributed by atoms with van der Waals surface area (Å²) in [5, 5.41) is 8.42. The average molecular weight is 1560 g/mol. The van der Waals surface area contributed by atoms with Gasteiger partial charge in [-0.25, -0.2) is 8.78 Å². The Morgan fingerprint density at radius 3 is 1.79 bits per heavy atom. The number of alkyl halides is 8. The second-order valence-electron chi connectivity index (χ2n) is 32.6. The van der Waals surface area contributed by atoms with E-state index in [2.05, 4.69) is 16.0 Å². The molecule has 0 aromatic carbocycles. The molecule has 4 saturated heterocycles. The van der Waals surface area contributed by atoms with Crippen LogP contribution in [0.2, 0.25) is 0 Å². The number of carbonyl (C=O) groups excluding carboxylic acids is 12. The van der Waals surface area contributed by atoms with E-state index in [-0.39, 0.29) is 122 Å². The van der Waals surface area contributed by atoms with Gasteiger partial charge < -0.3 is 69.5 Å². The highest BCUT2D eigenvalue weighted by Gasteiger charge is 2.56. The molecule has 3 N–H and O–H groups in total. The summed E-state index contributed by atoms with van der Waals surface area (Å²) in [6.07, 6.45) is -15.9. The van der Waals surface area contributed by atoms with E-state index in [1.54, 1.807) is 13.8 Å². The quantitative estimate of drug-likeness (QED) is 0.202. The van der Waals surface area contributed by atoms with Gasteiger partial charge in [-0.05, 0) is 145 Å². The summed E-state index contributed by atoms with van der Waals surface area (Å²) >= 11 is 0. The van der Waals surface area contributed by atoms with Crippen molar-refractivity contribution in [2.24, 2.45) is 41.4 Å². The molecule has 1 spiro atoms. The highest BCUT2D eigenvalue weighted by molar-refractivity contribution is 6.01. The van der Waals surface area contributed by atoms with Crippen LogP contribution >= 0.6 is 0 Å². The number of nitrogens with one attached hydrogen (secondary N) is 3. The van der Waals surface area contributed by atoms with Gasteiger partial charge in [-0.15, -0.1) is 0 Å². The molecule has 0 aromatic heterocycles. The second kappa shape index (κ2) is 37.6. The summed E-state index contributed by atoms with van der Waals surface area (Å²) in [6, 6.07) is -11.3. The van der Waals surface area contributed by atoms with Crippen LogP contribution in [0.4, 0.5) is 35.1 Å². The Bertz CT molecular complexity index is 3230. The molecule has 4 aliphatic carbocycles. The highest BCUT2D eigenvalue weighted by atomic mass is 19.4. The van der Waals surface area contributed by atoms with Crippen LogP contribution in [0.3, 0.4) is 0 Å². The minimum absolute atomic E-state index is 0.00738. The normalized spacial score (nSPS) is 32.4. The number of ether oxygens (including phenoxy) is 2. The smallest absolute Gasteiger partial charge is 0.380 e. The summed E-state index contributed by atoms with van der Waals surface area (Å²) < 4.78 is 126. The Hall–Kier alpha value is -7.00. The van der Waals surface area contributed by atoms with Crippen LogP contribution < -0.4 is 16.0 Å². The molecular weight excluding hydrogens is 1440 g/mol. The van der Waals surface area contributed by atoms with E-state index in [1.807, 2.05) is 13.8 Å². The third-order valence-corrected chi connectivity index (χ3v) is 24.8. The van der Waals surface area contributed by atoms with Crippen molar-refractivity contribution in [3.63, 3.8) is 0 Å². The molecule has 2 unspecified atom stereocenters. The Balaban J connectivity index is 1.20. The molecule has 0 aromatic rings. The number of hydrogen-bond donors (Lipinski definition) is 3.